The van der Waals surface area contributed by atoms with Crippen LogP contribution in [0, 0.1) is 0 Å². The molecular formula is C15H30N2O2. The Morgan fingerprint density at radius 2 is 1.89 bits per heavy atom. The predicted molar refractivity (Wildman–Crippen MR) is 77.5 cm³/mol. The molecule has 19 heavy (non-hydrogen) atoms. The van der Waals surface area contributed by atoms with Crippen LogP contribution in [0.2, 0.25) is 0 Å². The highest BCUT2D eigenvalue weighted by molar-refractivity contribution is 4.78. The summed E-state index contributed by atoms with van der Waals surface area (Å²) < 4.78 is 11.8. The van der Waals surface area contributed by atoms with Crippen LogP contribution in [0.5, 0.6) is 0 Å². The number of nitrogens with zero attached hydrogens (tertiary/aromatic N) is 1. The first-order valence-corrected chi connectivity index (χ1v) is 7.94. The Hall–Kier alpha value is -0.160. The third-order valence-electron chi connectivity index (χ3n) is 4.05. The Morgan fingerprint density at radius 1 is 1.11 bits per heavy atom. The zero-order valence-corrected chi connectivity index (χ0v) is 12.6. The average Bonchev–Trinajstić information content (AvgIpc) is 3.02. The number of ether oxygens (including phenoxy) is 2. The largest absolute Gasteiger partial charge is 0.377 e. The molecule has 3 atom stereocenters. The van der Waals surface area contributed by atoms with E-state index < -0.39 is 0 Å². The van der Waals surface area contributed by atoms with Gasteiger partial charge in [-0.05, 0) is 45.7 Å². The highest BCUT2D eigenvalue weighted by Gasteiger charge is 2.26. The van der Waals surface area contributed by atoms with Crippen molar-refractivity contribution in [1.29, 1.82) is 0 Å². The molecule has 2 rings (SSSR count). The maximum Gasteiger partial charge on any atom is 0.0707 e. The minimum absolute atomic E-state index is 0.417. The van der Waals surface area contributed by atoms with E-state index in [-0.39, 0.29) is 0 Å². The molecule has 4 nitrogen and oxygen atoms in total. The lowest BCUT2D eigenvalue weighted by Crippen LogP contribution is -2.36. The van der Waals surface area contributed by atoms with Crippen molar-refractivity contribution >= 4 is 0 Å². The van der Waals surface area contributed by atoms with Crippen LogP contribution >= 0.6 is 0 Å². The number of hydrogen-bond donors (Lipinski definition) is 1. The van der Waals surface area contributed by atoms with Crippen molar-refractivity contribution in [1.82, 2.24) is 10.2 Å². The van der Waals surface area contributed by atoms with Gasteiger partial charge in [-0.15, -0.1) is 0 Å². The van der Waals surface area contributed by atoms with E-state index in [9.17, 15) is 0 Å². The number of nitrogens with one attached hydrogen (secondary N) is 1. The molecule has 0 radical (unpaired) electrons. The molecule has 0 spiro atoms. The summed E-state index contributed by atoms with van der Waals surface area (Å²) in [5, 5.41) is 3.45. The third kappa shape index (κ3) is 5.38. The van der Waals surface area contributed by atoms with Crippen LogP contribution in [-0.4, -0.2) is 63.0 Å². The highest BCUT2D eigenvalue weighted by Crippen LogP contribution is 2.20. The first-order valence-electron chi connectivity index (χ1n) is 7.94. The topological polar surface area (TPSA) is 33.7 Å². The minimum Gasteiger partial charge on any atom is -0.377 e. The van der Waals surface area contributed by atoms with Gasteiger partial charge in [0.05, 0.1) is 18.3 Å². The molecule has 4 heteroatoms. The van der Waals surface area contributed by atoms with Gasteiger partial charge in [0, 0.05) is 26.2 Å². The predicted octanol–water partition coefficient (Wildman–Crippen LogP) is 1.64. The fourth-order valence-corrected chi connectivity index (χ4v) is 3.06. The van der Waals surface area contributed by atoms with E-state index in [1.807, 2.05) is 0 Å². The molecular weight excluding hydrogens is 240 g/mol. The second-order valence-electron chi connectivity index (χ2n) is 6.02. The summed E-state index contributed by atoms with van der Waals surface area (Å²) in [6.07, 6.45) is 7.34. The van der Waals surface area contributed by atoms with Gasteiger partial charge in [0.15, 0.2) is 0 Å². The molecule has 0 amide bonds. The van der Waals surface area contributed by atoms with Crippen LogP contribution in [0.4, 0.5) is 0 Å². The van der Waals surface area contributed by atoms with E-state index >= 15 is 0 Å². The molecule has 2 saturated heterocycles. The zero-order valence-electron chi connectivity index (χ0n) is 12.6. The summed E-state index contributed by atoms with van der Waals surface area (Å²) in [4.78, 5) is 2.38. The molecule has 2 aliphatic heterocycles. The van der Waals surface area contributed by atoms with Crippen molar-refractivity contribution in [3.63, 3.8) is 0 Å². The first-order chi connectivity index (χ1) is 9.28. The lowest BCUT2D eigenvalue weighted by Gasteiger charge is -2.24. The van der Waals surface area contributed by atoms with Crippen LogP contribution in [0.1, 0.15) is 39.0 Å². The maximum atomic E-state index is 6.10. The molecule has 0 aromatic carbocycles. The fourth-order valence-electron chi connectivity index (χ4n) is 3.06. The summed E-state index contributed by atoms with van der Waals surface area (Å²) in [5.41, 5.74) is 0. The van der Waals surface area contributed by atoms with Crippen LogP contribution < -0.4 is 5.32 Å². The molecule has 3 unspecified atom stereocenters. The van der Waals surface area contributed by atoms with Crippen molar-refractivity contribution < 1.29 is 9.47 Å². The monoisotopic (exact) mass is 270 g/mol. The fraction of sp³-hybridized carbons (Fsp3) is 1.00. The van der Waals surface area contributed by atoms with Gasteiger partial charge < -0.3 is 19.7 Å². The van der Waals surface area contributed by atoms with Crippen molar-refractivity contribution in [2.75, 3.05) is 39.8 Å². The van der Waals surface area contributed by atoms with Gasteiger partial charge >= 0.3 is 0 Å². The summed E-state index contributed by atoms with van der Waals surface area (Å²) in [7, 11) is 2.19. The van der Waals surface area contributed by atoms with Crippen molar-refractivity contribution in [2.45, 2.75) is 57.3 Å². The van der Waals surface area contributed by atoms with Crippen molar-refractivity contribution in [2.24, 2.45) is 0 Å². The lowest BCUT2D eigenvalue weighted by atomic mass is 10.1. The van der Waals surface area contributed by atoms with Gasteiger partial charge in [-0.1, -0.05) is 6.92 Å². The van der Waals surface area contributed by atoms with Gasteiger partial charge in [0.1, 0.15) is 0 Å². The number of likely N-dealkylation sites (N-methyl/N-ethyl adjacent to an activating group) is 1. The van der Waals surface area contributed by atoms with Crippen molar-refractivity contribution in [3.05, 3.63) is 0 Å². The van der Waals surface area contributed by atoms with Crippen LogP contribution in [0.3, 0.4) is 0 Å². The Labute approximate surface area is 117 Å². The summed E-state index contributed by atoms with van der Waals surface area (Å²) in [6.45, 7) is 7.36. The maximum absolute atomic E-state index is 6.10. The molecule has 0 bridgehead atoms. The van der Waals surface area contributed by atoms with Gasteiger partial charge in [-0.25, -0.2) is 0 Å². The zero-order chi connectivity index (χ0) is 13.5. The first kappa shape index (κ1) is 15.2. The summed E-state index contributed by atoms with van der Waals surface area (Å²) >= 11 is 0. The van der Waals surface area contributed by atoms with Gasteiger partial charge in [-0.3, -0.25) is 0 Å². The average molecular weight is 270 g/mol. The second kappa shape index (κ2) is 8.20. The van der Waals surface area contributed by atoms with E-state index in [2.05, 4.69) is 24.2 Å². The number of rotatable bonds is 8. The second-order valence-corrected chi connectivity index (χ2v) is 6.02. The molecule has 0 aromatic heterocycles. The Morgan fingerprint density at radius 3 is 2.63 bits per heavy atom. The van der Waals surface area contributed by atoms with Gasteiger partial charge in [0.2, 0.25) is 0 Å². The van der Waals surface area contributed by atoms with Crippen LogP contribution in [-0.2, 0) is 9.47 Å². The SMILES string of the molecule is CCCNCC1CCC(CN(C)CC2CCCO2)O1. The molecule has 2 fully saturated rings. The Bertz CT molecular complexity index is 244. The van der Waals surface area contributed by atoms with Gasteiger partial charge in [-0.2, -0.15) is 0 Å². The van der Waals surface area contributed by atoms with Gasteiger partial charge in [0.25, 0.3) is 0 Å². The highest BCUT2D eigenvalue weighted by atomic mass is 16.5. The minimum atomic E-state index is 0.417. The lowest BCUT2D eigenvalue weighted by molar-refractivity contribution is 0.0158. The molecule has 0 aliphatic carbocycles. The third-order valence-corrected chi connectivity index (χ3v) is 4.05. The molecule has 112 valence electrons. The molecule has 0 aromatic rings. The molecule has 0 saturated carbocycles. The van der Waals surface area contributed by atoms with Crippen molar-refractivity contribution in [3.8, 4) is 0 Å². The van der Waals surface area contributed by atoms with E-state index in [1.165, 1.54) is 32.1 Å². The molecule has 2 aliphatic rings. The standard InChI is InChI=1S/C15H30N2O2/c1-3-8-16-10-13-6-7-15(19-13)12-17(2)11-14-5-4-9-18-14/h13-16H,3-12H2,1-2H3. The molecule has 1 N–H and O–H groups in total. The van der Waals surface area contributed by atoms with Crippen LogP contribution in [0.25, 0.3) is 0 Å². The normalized spacial score (nSPS) is 31.4. The molecule has 2 heterocycles. The van der Waals surface area contributed by atoms with E-state index in [0.717, 1.165) is 32.8 Å². The van der Waals surface area contributed by atoms with E-state index in [4.69, 9.17) is 9.47 Å². The summed E-state index contributed by atoms with van der Waals surface area (Å²) in [6, 6.07) is 0. The van der Waals surface area contributed by atoms with Crippen LogP contribution in [0.15, 0.2) is 0 Å². The summed E-state index contributed by atoms with van der Waals surface area (Å²) in [5.74, 6) is 0. The number of hydrogen-bond acceptors (Lipinski definition) is 4. The Kier molecular flexibility index (Phi) is 6.57. The smallest absolute Gasteiger partial charge is 0.0707 e. The van der Waals surface area contributed by atoms with E-state index in [1.54, 1.807) is 0 Å². The Balaban J connectivity index is 1.58. The quantitative estimate of drug-likeness (QED) is 0.680. The van der Waals surface area contributed by atoms with E-state index in [0.29, 0.717) is 18.3 Å².